The molecule has 0 aromatic heterocycles. The molecule has 0 aliphatic carbocycles. The molecule has 0 bridgehead atoms. The number of nitrogens with zero attached hydrogens (tertiary/aromatic N) is 1. The van der Waals surface area contributed by atoms with Crippen LogP contribution in [0.15, 0.2) is 41.5 Å². The summed E-state index contributed by atoms with van der Waals surface area (Å²) < 4.78 is 22.4. The number of primary amides is 1. The summed E-state index contributed by atoms with van der Waals surface area (Å²) in [4.78, 5) is 10.7. The van der Waals surface area contributed by atoms with Gasteiger partial charge in [0.1, 0.15) is 0 Å². The number of methoxy groups -OCH3 is 1. The van der Waals surface area contributed by atoms with Gasteiger partial charge in [-0.25, -0.2) is 10.2 Å². The number of nitrogens with two attached hydrogens (primary N) is 1. The molecule has 0 radical (unpaired) electrons. The molecule has 29 heavy (non-hydrogen) atoms. The number of para-hydroxylation sites is 2. The van der Waals surface area contributed by atoms with E-state index in [4.69, 9.17) is 36.3 Å². The van der Waals surface area contributed by atoms with Gasteiger partial charge in [0, 0.05) is 6.42 Å². The monoisotopic (exact) mass is 421 g/mol. The summed E-state index contributed by atoms with van der Waals surface area (Å²) in [5.74, 6) is 2.27. The molecular weight excluding hydrogens is 398 g/mol. The minimum atomic E-state index is -0.757. The van der Waals surface area contributed by atoms with Gasteiger partial charge in [0.2, 0.25) is 0 Å². The second-order valence-corrected chi connectivity index (χ2v) is 6.11. The lowest BCUT2D eigenvalue weighted by atomic mass is 10.2. The fourth-order valence-electron chi connectivity index (χ4n) is 2.39. The minimum absolute atomic E-state index is 0.363. The third-order valence-electron chi connectivity index (χ3n) is 3.58. The van der Waals surface area contributed by atoms with Crippen LogP contribution in [0.5, 0.6) is 23.0 Å². The molecule has 8 nitrogen and oxygen atoms in total. The minimum Gasteiger partial charge on any atom is -0.493 e. The maximum atomic E-state index is 10.7. The van der Waals surface area contributed by atoms with Crippen molar-refractivity contribution in [3.8, 4) is 23.0 Å². The molecule has 2 aromatic carbocycles. The zero-order valence-electron chi connectivity index (χ0n) is 16.3. The Morgan fingerprint density at radius 2 is 1.86 bits per heavy atom. The lowest BCUT2D eigenvalue weighted by molar-refractivity contribution is 0.231. The number of benzene rings is 2. The quantitative estimate of drug-likeness (QED) is 0.327. The van der Waals surface area contributed by atoms with Gasteiger partial charge in [-0.2, -0.15) is 5.10 Å². The Labute approximate surface area is 174 Å². The van der Waals surface area contributed by atoms with Crippen molar-refractivity contribution in [3.63, 3.8) is 0 Å². The van der Waals surface area contributed by atoms with E-state index in [2.05, 4.69) is 10.5 Å². The summed E-state index contributed by atoms with van der Waals surface area (Å²) in [6.07, 6.45) is 2.04. The van der Waals surface area contributed by atoms with Crippen LogP contribution in [-0.2, 0) is 0 Å². The molecule has 2 aromatic rings. The number of carbonyl (C=O) groups excluding carboxylic acids is 1. The van der Waals surface area contributed by atoms with Crippen molar-refractivity contribution in [3.05, 3.63) is 47.0 Å². The molecule has 2 amide bonds. The van der Waals surface area contributed by atoms with Gasteiger partial charge >= 0.3 is 6.03 Å². The zero-order chi connectivity index (χ0) is 21.1. The molecule has 0 unspecified atom stereocenters. The van der Waals surface area contributed by atoms with Gasteiger partial charge in [0.15, 0.2) is 23.0 Å². The highest BCUT2D eigenvalue weighted by molar-refractivity contribution is 6.32. The Morgan fingerprint density at radius 3 is 2.55 bits per heavy atom. The van der Waals surface area contributed by atoms with Gasteiger partial charge < -0.3 is 24.7 Å². The van der Waals surface area contributed by atoms with Gasteiger partial charge in [-0.15, -0.1) is 0 Å². The molecule has 156 valence electrons. The summed E-state index contributed by atoms with van der Waals surface area (Å²) in [6, 6.07) is 10.0. The smallest absolute Gasteiger partial charge is 0.332 e. The van der Waals surface area contributed by atoms with Crippen molar-refractivity contribution in [2.24, 2.45) is 10.8 Å². The molecule has 2 rings (SSSR count). The normalized spacial score (nSPS) is 10.6. The van der Waals surface area contributed by atoms with Crippen LogP contribution in [0.2, 0.25) is 5.02 Å². The molecule has 0 aliphatic heterocycles. The van der Waals surface area contributed by atoms with Crippen LogP contribution >= 0.6 is 11.6 Å². The molecule has 0 saturated heterocycles. The van der Waals surface area contributed by atoms with Gasteiger partial charge in [0.25, 0.3) is 0 Å². The first kappa shape index (κ1) is 22.2. The van der Waals surface area contributed by atoms with Crippen LogP contribution in [0.3, 0.4) is 0 Å². The van der Waals surface area contributed by atoms with Crippen molar-refractivity contribution in [2.45, 2.75) is 13.3 Å². The zero-order valence-corrected chi connectivity index (χ0v) is 17.1. The molecule has 0 fully saturated rings. The van der Waals surface area contributed by atoms with Crippen LogP contribution in [0.4, 0.5) is 4.79 Å². The van der Waals surface area contributed by atoms with Crippen LogP contribution < -0.4 is 30.1 Å². The van der Waals surface area contributed by atoms with Gasteiger partial charge in [0.05, 0.1) is 38.2 Å². The van der Waals surface area contributed by atoms with Crippen molar-refractivity contribution >= 4 is 23.8 Å². The van der Waals surface area contributed by atoms with E-state index in [1.807, 2.05) is 31.2 Å². The van der Waals surface area contributed by atoms with Crippen molar-refractivity contribution in [1.82, 2.24) is 5.43 Å². The van der Waals surface area contributed by atoms with Crippen LogP contribution in [0.25, 0.3) is 0 Å². The summed E-state index contributed by atoms with van der Waals surface area (Å²) in [5, 5.41) is 4.07. The molecule has 0 heterocycles. The largest absolute Gasteiger partial charge is 0.493 e. The predicted molar refractivity (Wildman–Crippen MR) is 112 cm³/mol. The number of hydrogen-bond acceptors (Lipinski definition) is 6. The van der Waals surface area contributed by atoms with Gasteiger partial charge in [-0.3, -0.25) is 0 Å². The van der Waals surface area contributed by atoms with Crippen molar-refractivity contribution < 1.29 is 23.7 Å². The summed E-state index contributed by atoms with van der Waals surface area (Å²) in [6.45, 7) is 3.12. The maximum Gasteiger partial charge on any atom is 0.332 e. The van der Waals surface area contributed by atoms with E-state index in [0.29, 0.717) is 59.8 Å². The third-order valence-corrected chi connectivity index (χ3v) is 3.86. The molecule has 0 spiro atoms. The van der Waals surface area contributed by atoms with Crippen LogP contribution in [0.1, 0.15) is 18.9 Å². The van der Waals surface area contributed by atoms with E-state index in [1.54, 1.807) is 19.2 Å². The molecule has 0 saturated carbocycles. The number of nitrogens with one attached hydrogen (secondary N) is 1. The van der Waals surface area contributed by atoms with E-state index in [9.17, 15) is 4.79 Å². The lowest BCUT2D eigenvalue weighted by Crippen LogP contribution is -2.24. The second kappa shape index (κ2) is 11.7. The Hall–Kier alpha value is -3.13. The molecule has 3 N–H and O–H groups in total. The Morgan fingerprint density at radius 1 is 1.14 bits per heavy atom. The number of urea groups is 1. The molecule has 9 heteroatoms. The first-order valence-electron chi connectivity index (χ1n) is 8.98. The van der Waals surface area contributed by atoms with Crippen molar-refractivity contribution in [1.29, 1.82) is 0 Å². The number of rotatable bonds is 11. The molecular formula is C20H24ClN3O5. The standard InChI is InChI=1S/C20H24ClN3O5/c1-3-27-18-12-14(13-23-24-20(22)25)11-15(21)19(18)29-10-6-9-28-17-8-5-4-7-16(17)26-2/h4-5,7-8,11-13H,3,6,9-10H2,1-2H3,(H3,22,24,25)/b23-13+. The first-order valence-corrected chi connectivity index (χ1v) is 9.36. The van der Waals surface area contributed by atoms with E-state index in [-0.39, 0.29) is 0 Å². The van der Waals surface area contributed by atoms with E-state index in [0.717, 1.165) is 0 Å². The number of halogens is 1. The highest BCUT2D eigenvalue weighted by atomic mass is 35.5. The summed E-state index contributed by atoms with van der Waals surface area (Å²) in [5.41, 5.74) is 7.71. The topological polar surface area (TPSA) is 104 Å². The number of amides is 2. The maximum absolute atomic E-state index is 10.7. The first-order chi connectivity index (χ1) is 14.0. The Balaban J connectivity index is 1.95. The van der Waals surface area contributed by atoms with E-state index >= 15 is 0 Å². The van der Waals surface area contributed by atoms with Gasteiger partial charge in [-0.1, -0.05) is 23.7 Å². The number of carbonyl (C=O) groups is 1. The Bertz CT molecular complexity index is 845. The molecule has 0 aliphatic rings. The fourth-order valence-corrected chi connectivity index (χ4v) is 2.66. The van der Waals surface area contributed by atoms with E-state index in [1.165, 1.54) is 6.21 Å². The van der Waals surface area contributed by atoms with E-state index < -0.39 is 6.03 Å². The number of hydrogen-bond donors (Lipinski definition) is 2. The number of hydrazone groups is 1. The second-order valence-electron chi connectivity index (χ2n) is 5.70. The number of ether oxygens (including phenoxy) is 4. The highest BCUT2D eigenvalue weighted by Crippen LogP contribution is 2.36. The fraction of sp³-hybridized carbons (Fsp3) is 0.300. The third kappa shape index (κ3) is 7.08. The van der Waals surface area contributed by atoms with Crippen LogP contribution in [0, 0.1) is 0 Å². The molecule has 0 atom stereocenters. The van der Waals surface area contributed by atoms with Crippen molar-refractivity contribution in [2.75, 3.05) is 26.9 Å². The summed E-state index contributed by atoms with van der Waals surface area (Å²) >= 11 is 6.33. The Kier molecular flexibility index (Phi) is 8.91. The lowest BCUT2D eigenvalue weighted by Gasteiger charge is -2.15. The average molecular weight is 422 g/mol. The summed E-state index contributed by atoms with van der Waals surface area (Å²) in [7, 11) is 1.60. The predicted octanol–water partition coefficient (Wildman–Crippen LogP) is 3.60. The van der Waals surface area contributed by atoms with Gasteiger partial charge in [-0.05, 0) is 36.8 Å². The van der Waals surface area contributed by atoms with Crippen LogP contribution in [-0.4, -0.2) is 39.2 Å². The SMILES string of the molecule is CCOc1cc(/C=N/NC(N)=O)cc(Cl)c1OCCCOc1ccccc1OC. The highest BCUT2D eigenvalue weighted by Gasteiger charge is 2.12. The average Bonchev–Trinajstić information content (AvgIpc) is 2.69.